The predicted octanol–water partition coefficient (Wildman–Crippen LogP) is 1.68. The van der Waals surface area contributed by atoms with E-state index in [-0.39, 0.29) is 17.4 Å². The van der Waals surface area contributed by atoms with Gasteiger partial charge in [0.1, 0.15) is 0 Å². The maximum atomic E-state index is 12.2. The summed E-state index contributed by atoms with van der Waals surface area (Å²) in [5.41, 5.74) is 1.46. The summed E-state index contributed by atoms with van der Waals surface area (Å²) in [5, 5.41) is 12.7. The SMILES string of the molecule is O=C(CN1CC[C@H](O)C1)NCC1(c2ccccc2)CCCC1. The molecule has 1 amide bonds. The van der Waals surface area contributed by atoms with Crippen LogP contribution in [0.25, 0.3) is 0 Å². The van der Waals surface area contributed by atoms with E-state index in [1.54, 1.807) is 0 Å². The van der Waals surface area contributed by atoms with Gasteiger partial charge in [-0.3, -0.25) is 9.69 Å². The van der Waals surface area contributed by atoms with Crippen molar-refractivity contribution in [2.24, 2.45) is 0 Å². The number of likely N-dealkylation sites (tertiary alicyclic amines) is 1. The molecule has 0 unspecified atom stereocenters. The molecule has 0 aromatic heterocycles. The third-order valence-corrected chi connectivity index (χ3v) is 5.19. The van der Waals surface area contributed by atoms with Gasteiger partial charge in [0.2, 0.25) is 5.91 Å². The molecule has 4 nitrogen and oxygen atoms in total. The fourth-order valence-electron chi connectivity index (χ4n) is 3.89. The fourth-order valence-corrected chi connectivity index (χ4v) is 3.89. The zero-order chi connectivity index (χ0) is 15.4. The smallest absolute Gasteiger partial charge is 0.234 e. The first-order chi connectivity index (χ1) is 10.7. The van der Waals surface area contributed by atoms with Crippen molar-refractivity contribution < 1.29 is 9.90 Å². The van der Waals surface area contributed by atoms with E-state index in [2.05, 4.69) is 29.6 Å². The molecule has 0 radical (unpaired) electrons. The number of aliphatic hydroxyl groups is 1. The molecule has 2 aliphatic rings. The van der Waals surface area contributed by atoms with Crippen LogP contribution in [0.1, 0.15) is 37.7 Å². The molecule has 1 aliphatic heterocycles. The lowest BCUT2D eigenvalue weighted by atomic mass is 9.79. The second kappa shape index (κ2) is 6.80. The fraction of sp³-hybridized carbons (Fsp3) is 0.611. The summed E-state index contributed by atoms with van der Waals surface area (Å²) in [6.07, 6.45) is 5.30. The molecule has 1 aromatic rings. The Morgan fingerprint density at radius 2 is 2.00 bits per heavy atom. The molecule has 1 saturated carbocycles. The number of carbonyl (C=O) groups is 1. The van der Waals surface area contributed by atoms with Crippen molar-refractivity contribution in [2.45, 2.75) is 43.6 Å². The third kappa shape index (κ3) is 3.50. The van der Waals surface area contributed by atoms with E-state index in [4.69, 9.17) is 0 Å². The van der Waals surface area contributed by atoms with Crippen molar-refractivity contribution in [1.29, 1.82) is 0 Å². The molecular weight excluding hydrogens is 276 g/mol. The highest BCUT2D eigenvalue weighted by Crippen LogP contribution is 2.40. The molecule has 1 heterocycles. The van der Waals surface area contributed by atoms with Gasteiger partial charge in [0.05, 0.1) is 12.6 Å². The molecule has 3 rings (SSSR count). The lowest BCUT2D eigenvalue weighted by Crippen LogP contribution is -2.43. The highest BCUT2D eigenvalue weighted by atomic mass is 16.3. The molecule has 0 bridgehead atoms. The van der Waals surface area contributed by atoms with Crippen molar-refractivity contribution in [1.82, 2.24) is 10.2 Å². The largest absolute Gasteiger partial charge is 0.392 e. The average molecular weight is 302 g/mol. The van der Waals surface area contributed by atoms with Crippen LogP contribution in [0.3, 0.4) is 0 Å². The highest BCUT2D eigenvalue weighted by Gasteiger charge is 2.35. The van der Waals surface area contributed by atoms with Gasteiger partial charge in [0, 0.05) is 25.0 Å². The van der Waals surface area contributed by atoms with Crippen molar-refractivity contribution in [3.63, 3.8) is 0 Å². The van der Waals surface area contributed by atoms with Gasteiger partial charge >= 0.3 is 0 Å². The van der Waals surface area contributed by atoms with E-state index in [9.17, 15) is 9.90 Å². The minimum atomic E-state index is -0.265. The van der Waals surface area contributed by atoms with Crippen LogP contribution >= 0.6 is 0 Å². The van der Waals surface area contributed by atoms with Crippen molar-refractivity contribution in [2.75, 3.05) is 26.2 Å². The number of benzene rings is 1. The van der Waals surface area contributed by atoms with E-state index in [1.807, 2.05) is 11.0 Å². The maximum Gasteiger partial charge on any atom is 0.234 e. The number of hydrogen-bond donors (Lipinski definition) is 2. The summed E-state index contributed by atoms with van der Waals surface area (Å²) in [6.45, 7) is 2.57. The number of hydrogen-bond acceptors (Lipinski definition) is 3. The number of amides is 1. The Bertz CT molecular complexity index is 497. The van der Waals surface area contributed by atoms with Crippen LogP contribution in [-0.2, 0) is 10.2 Å². The van der Waals surface area contributed by atoms with Gasteiger partial charge < -0.3 is 10.4 Å². The Morgan fingerprint density at radius 1 is 1.27 bits per heavy atom. The van der Waals surface area contributed by atoms with Gasteiger partial charge in [0.15, 0.2) is 0 Å². The number of carbonyl (C=O) groups excluding carboxylic acids is 1. The van der Waals surface area contributed by atoms with E-state index < -0.39 is 0 Å². The lowest BCUT2D eigenvalue weighted by molar-refractivity contribution is -0.122. The molecular formula is C18H26N2O2. The summed E-state index contributed by atoms with van der Waals surface area (Å²) in [4.78, 5) is 14.2. The predicted molar refractivity (Wildman–Crippen MR) is 86.7 cm³/mol. The van der Waals surface area contributed by atoms with E-state index in [0.717, 1.165) is 32.4 Å². The van der Waals surface area contributed by atoms with Crippen LogP contribution in [0.5, 0.6) is 0 Å². The Hall–Kier alpha value is -1.39. The van der Waals surface area contributed by atoms with Crippen molar-refractivity contribution >= 4 is 5.91 Å². The standard InChI is InChI=1S/C18H26N2O2/c21-16-8-11-20(12-16)13-17(22)19-14-18(9-4-5-10-18)15-6-2-1-3-7-15/h1-3,6-7,16,21H,4-5,8-14H2,(H,19,22)/t16-/m0/s1. The van der Waals surface area contributed by atoms with E-state index >= 15 is 0 Å². The molecule has 1 aromatic carbocycles. The first-order valence-electron chi connectivity index (χ1n) is 8.41. The van der Waals surface area contributed by atoms with Gasteiger partial charge in [-0.05, 0) is 24.8 Å². The summed E-state index contributed by atoms with van der Waals surface area (Å²) >= 11 is 0. The molecule has 1 atom stereocenters. The van der Waals surface area contributed by atoms with Crippen LogP contribution in [-0.4, -0.2) is 48.2 Å². The summed E-state index contributed by atoms with van der Waals surface area (Å²) < 4.78 is 0. The maximum absolute atomic E-state index is 12.2. The van der Waals surface area contributed by atoms with Crippen molar-refractivity contribution in [3.8, 4) is 0 Å². The van der Waals surface area contributed by atoms with Crippen LogP contribution in [0.15, 0.2) is 30.3 Å². The Morgan fingerprint density at radius 3 is 2.64 bits per heavy atom. The molecule has 1 aliphatic carbocycles. The highest BCUT2D eigenvalue weighted by molar-refractivity contribution is 5.78. The first kappa shape index (κ1) is 15.5. The monoisotopic (exact) mass is 302 g/mol. The zero-order valence-corrected chi connectivity index (χ0v) is 13.1. The number of nitrogens with zero attached hydrogens (tertiary/aromatic N) is 1. The summed E-state index contributed by atoms with van der Waals surface area (Å²) in [6, 6.07) is 10.6. The normalized spacial score (nSPS) is 24.5. The molecule has 2 N–H and O–H groups in total. The Labute approximate surface area is 132 Å². The second-order valence-electron chi connectivity index (χ2n) is 6.81. The minimum Gasteiger partial charge on any atom is -0.392 e. The molecule has 1 saturated heterocycles. The van der Waals surface area contributed by atoms with E-state index in [1.165, 1.54) is 18.4 Å². The number of rotatable bonds is 5. The minimum absolute atomic E-state index is 0.0799. The molecule has 4 heteroatoms. The van der Waals surface area contributed by atoms with E-state index in [0.29, 0.717) is 13.1 Å². The topological polar surface area (TPSA) is 52.6 Å². The van der Waals surface area contributed by atoms with Gasteiger partial charge in [-0.2, -0.15) is 0 Å². The Balaban J connectivity index is 1.57. The number of nitrogens with one attached hydrogen (secondary N) is 1. The summed E-state index contributed by atoms with van der Waals surface area (Å²) in [7, 11) is 0. The van der Waals surface area contributed by atoms with Crippen molar-refractivity contribution in [3.05, 3.63) is 35.9 Å². The Kier molecular flexibility index (Phi) is 4.79. The van der Waals surface area contributed by atoms with Gasteiger partial charge in [-0.1, -0.05) is 43.2 Å². The number of aliphatic hydroxyl groups excluding tert-OH is 1. The van der Waals surface area contributed by atoms with Gasteiger partial charge in [0.25, 0.3) is 0 Å². The molecule has 2 fully saturated rings. The zero-order valence-electron chi connectivity index (χ0n) is 13.1. The third-order valence-electron chi connectivity index (χ3n) is 5.19. The molecule has 0 spiro atoms. The van der Waals surface area contributed by atoms with Crippen LogP contribution in [0.2, 0.25) is 0 Å². The lowest BCUT2D eigenvalue weighted by Gasteiger charge is -2.30. The average Bonchev–Trinajstić information content (AvgIpc) is 3.16. The van der Waals surface area contributed by atoms with Gasteiger partial charge in [-0.25, -0.2) is 0 Å². The van der Waals surface area contributed by atoms with Crippen LogP contribution in [0.4, 0.5) is 0 Å². The van der Waals surface area contributed by atoms with Gasteiger partial charge in [-0.15, -0.1) is 0 Å². The first-order valence-corrected chi connectivity index (χ1v) is 8.41. The molecule has 22 heavy (non-hydrogen) atoms. The quantitative estimate of drug-likeness (QED) is 0.870. The van der Waals surface area contributed by atoms with Crippen LogP contribution in [0, 0.1) is 0 Å². The molecule has 120 valence electrons. The number of β-amino-alcohol motifs (C(OH)–C–C–N with tert-alkyl or cyclic N) is 1. The second-order valence-corrected chi connectivity index (χ2v) is 6.81. The summed E-state index contributed by atoms with van der Waals surface area (Å²) in [5.74, 6) is 0.0799. The van der Waals surface area contributed by atoms with Crippen LogP contribution < -0.4 is 5.32 Å².